The number of aromatic nitrogens is 2. The summed E-state index contributed by atoms with van der Waals surface area (Å²) in [5, 5.41) is 4.67. The smallest absolute Gasteiger partial charge is 0.359 e. The molecular formula is C24H18N2O4. The summed E-state index contributed by atoms with van der Waals surface area (Å²) in [5.74, 6) is 0.858. The number of fused-ring (bicyclic) bond motifs is 1. The van der Waals surface area contributed by atoms with Crippen LogP contribution in [0.4, 0.5) is 0 Å². The van der Waals surface area contributed by atoms with Gasteiger partial charge in [0, 0.05) is 11.1 Å². The third kappa shape index (κ3) is 2.99. The van der Waals surface area contributed by atoms with Crippen LogP contribution in [0.3, 0.4) is 0 Å². The van der Waals surface area contributed by atoms with Crippen LogP contribution in [0.2, 0.25) is 0 Å². The minimum Gasteiger partial charge on any atom is -0.464 e. The van der Waals surface area contributed by atoms with Crippen LogP contribution in [0, 0.1) is 0 Å². The highest BCUT2D eigenvalue weighted by Crippen LogP contribution is 2.41. The average Bonchev–Trinajstić information content (AvgIpc) is 3.44. The second-order valence-corrected chi connectivity index (χ2v) is 6.75. The Kier molecular flexibility index (Phi) is 4.44. The van der Waals surface area contributed by atoms with Crippen molar-refractivity contribution in [1.82, 2.24) is 9.78 Å². The summed E-state index contributed by atoms with van der Waals surface area (Å²) in [6, 6.07) is 25.1. The summed E-state index contributed by atoms with van der Waals surface area (Å²) >= 11 is 0. The van der Waals surface area contributed by atoms with Crippen molar-refractivity contribution >= 4 is 5.97 Å². The van der Waals surface area contributed by atoms with E-state index in [1.54, 1.807) is 4.68 Å². The minimum absolute atomic E-state index is 0.190. The van der Waals surface area contributed by atoms with Crippen molar-refractivity contribution in [3.8, 4) is 39.6 Å². The van der Waals surface area contributed by atoms with Gasteiger partial charge in [-0.3, -0.25) is 0 Å². The number of nitrogens with zero attached hydrogens (tertiary/aromatic N) is 2. The highest BCUT2D eigenvalue weighted by molar-refractivity contribution is 6.00. The fourth-order valence-electron chi connectivity index (χ4n) is 3.60. The molecule has 0 bridgehead atoms. The van der Waals surface area contributed by atoms with Crippen molar-refractivity contribution in [2.24, 2.45) is 0 Å². The topological polar surface area (TPSA) is 62.6 Å². The minimum atomic E-state index is -0.495. The molecule has 4 aromatic rings. The van der Waals surface area contributed by atoms with Crippen LogP contribution in [0.15, 0.2) is 78.9 Å². The van der Waals surface area contributed by atoms with Gasteiger partial charge in [-0.1, -0.05) is 48.5 Å². The van der Waals surface area contributed by atoms with Gasteiger partial charge in [-0.2, -0.15) is 5.10 Å². The first-order valence-electron chi connectivity index (χ1n) is 9.48. The summed E-state index contributed by atoms with van der Waals surface area (Å²) in [4.78, 5) is 12.7. The van der Waals surface area contributed by atoms with E-state index in [0.717, 1.165) is 22.5 Å². The molecule has 5 rings (SSSR count). The molecule has 0 radical (unpaired) electrons. The van der Waals surface area contributed by atoms with Gasteiger partial charge in [0.1, 0.15) is 0 Å². The quantitative estimate of drug-likeness (QED) is 0.466. The lowest BCUT2D eigenvalue weighted by molar-refractivity contribution is 0.0594. The second-order valence-electron chi connectivity index (χ2n) is 6.75. The maximum Gasteiger partial charge on any atom is 0.359 e. The van der Waals surface area contributed by atoms with Gasteiger partial charge in [-0.05, 0) is 35.9 Å². The molecule has 0 aliphatic carbocycles. The molecule has 1 aliphatic rings. The number of carbonyl (C=O) groups is 1. The Labute approximate surface area is 173 Å². The van der Waals surface area contributed by atoms with E-state index in [2.05, 4.69) is 5.10 Å². The van der Waals surface area contributed by atoms with Crippen LogP contribution >= 0.6 is 0 Å². The van der Waals surface area contributed by atoms with E-state index in [1.165, 1.54) is 7.11 Å². The van der Waals surface area contributed by atoms with Crippen LogP contribution in [0.5, 0.6) is 11.5 Å². The molecule has 2 heterocycles. The zero-order valence-corrected chi connectivity index (χ0v) is 16.2. The molecule has 0 saturated carbocycles. The first-order chi connectivity index (χ1) is 14.8. The number of para-hydroxylation sites is 1. The van der Waals surface area contributed by atoms with E-state index >= 15 is 0 Å². The zero-order chi connectivity index (χ0) is 20.5. The lowest BCUT2D eigenvalue weighted by Gasteiger charge is -2.11. The molecule has 0 spiro atoms. The van der Waals surface area contributed by atoms with Crippen molar-refractivity contribution < 1.29 is 19.0 Å². The van der Waals surface area contributed by atoms with Crippen molar-refractivity contribution in [2.75, 3.05) is 13.9 Å². The summed E-state index contributed by atoms with van der Waals surface area (Å²) in [7, 11) is 1.36. The number of hydrogen-bond donors (Lipinski definition) is 0. The van der Waals surface area contributed by atoms with Crippen molar-refractivity contribution in [3.63, 3.8) is 0 Å². The average molecular weight is 398 g/mol. The largest absolute Gasteiger partial charge is 0.464 e. The van der Waals surface area contributed by atoms with Crippen LogP contribution in [0.1, 0.15) is 10.5 Å². The third-order valence-corrected chi connectivity index (χ3v) is 4.97. The van der Waals surface area contributed by atoms with Crippen LogP contribution in [-0.4, -0.2) is 29.7 Å². The monoisotopic (exact) mass is 398 g/mol. The Morgan fingerprint density at radius 3 is 2.33 bits per heavy atom. The first-order valence-corrected chi connectivity index (χ1v) is 9.48. The number of ether oxygens (including phenoxy) is 3. The van der Waals surface area contributed by atoms with Crippen LogP contribution in [0.25, 0.3) is 28.1 Å². The normalized spacial score (nSPS) is 12.0. The van der Waals surface area contributed by atoms with Gasteiger partial charge in [0.05, 0.1) is 18.5 Å². The molecular weight excluding hydrogens is 380 g/mol. The van der Waals surface area contributed by atoms with Crippen molar-refractivity contribution in [2.45, 2.75) is 0 Å². The van der Waals surface area contributed by atoms with Crippen molar-refractivity contribution in [3.05, 3.63) is 84.6 Å². The van der Waals surface area contributed by atoms with E-state index in [9.17, 15) is 4.79 Å². The summed E-state index contributed by atoms with van der Waals surface area (Å²) in [5.41, 5.74) is 4.27. The maximum absolute atomic E-state index is 12.7. The van der Waals surface area contributed by atoms with E-state index in [-0.39, 0.29) is 12.5 Å². The SMILES string of the molecule is COC(=O)c1nn(-c2ccccc2)c(-c2ccc3c(c2)OCO3)c1-c1ccccc1. The van der Waals surface area contributed by atoms with Crippen LogP contribution < -0.4 is 9.47 Å². The second kappa shape index (κ2) is 7.40. The molecule has 1 aromatic heterocycles. The number of esters is 1. The van der Waals surface area contributed by atoms with Gasteiger partial charge in [-0.15, -0.1) is 0 Å². The Hall–Kier alpha value is -4.06. The lowest BCUT2D eigenvalue weighted by Crippen LogP contribution is -2.05. The maximum atomic E-state index is 12.7. The fourth-order valence-corrected chi connectivity index (χ4v) is 3.60. The number of hydrogen-bond acceptors (Lipinski definition) is 5. The Balaban J connectivity index is 1.84. The number of carbonyl (C=O) groups excluding carboxylic acids is 1. The molecule has 0 saturated heterocycles. The predicted molar refractivity (Wildman–Crippen MR) is 112 cm³/mol. The van der Waals surface area contributed by atoms with Gasteiger partial charge in [0.2, 0.25) is 6.79 Å². The molecule has 6 nitrogen and oxygen atoms in total. The number of methoxy groups -OCH3 is 1. The van der Waals surface area contributed by atoms with E-state index < -0.39 is 5.97 Å². The molecule has 0 N–H and O–H groups in total. The predicted octanol–water partition coefficient (Wildman–Crippen LogP) is 4.72. The van der Waals surface area contributed by atoms with Crippen molar-refractivity contribution in [1.29, 1.82) is 0 Å². The van der Waals surface area contributed by atoms with Gasteiger partial charge in [0.25, 0.3) is 0 Å². The summed E-state index contributed by atoms with van der Waals surface area (Å²) in [6.07, 6.45) is 0. The Morgan fingerprint density at radius 1 is 0.900 bits per heavy atom. The van der Waals surface area contributed by atoms with Gasteiger partial charge in [-0.25, -0.2) is 9.48 Å². The summed E-state index contributed by atoms with van der Waals surface area (Å²) in [6.45, 7) is 0.190. The lowest BCUT2D eigenvalue weighted by atomic mass is 9.98. The highest BCUT2D eigenvalue weighted by Gasteiger charge is 2.27. The molecule has 0 unspecified atom stereocenters. The Morgan fingerprint density at radius 2 is 1.60 bits per heavy atom. The number of benzene rings is 3. The molecule has 0 atom stereocenters. The molecule has 30 heavy (non-hydrogen) atoms. The fraction of sp³-hybridized carbons (Fsp3) is 0.0833. The summed E-state index contributed by atoms with van der Waals surface area (Å²) < 4.78 is 17.9. The van der Waals surface area contributed by atoms with Gasteiger partial charge < -0.3 is 14.2 Å². The van der Waals surface area contributed by atoms with E-state index in [1.807, 2.05) is 78.9 Å². The van der Waals surface area contributed by atoms with E-state index in [4.69, 9.17) is 14.2 Å². The highest BCUT2D eigenvalue weighted by atomic mass is 16.7. The first kappa shape index (κ1) is 18.0. The standard InChI is InChI=1S/C24H18N2O4/c1-28-24(27)22-21(16-8-4-2-5-9-16)23(26(25-22)18-10-6-3-7-11-18)17-12-13-19-20(14-17)30-15-29-19/h2-14H,15H2,1H3. The van der Waals surface area contributed by atoms with Gasteiger partial charge >= 0.3 is 5.97 Å². The van der Waals surface area contributed by atoms with Crippen LogP contribution in [-0.2, 0) is 4.74 Å². The Bertz CT molecular complexity index is 1220. The third-order valence-electron chi connectivity index (χ3n) is 4.97. The zero-order valence-electron chi connectivity index (χ0n) is 16.2. The molecule has 0 fully saturated rings. The van der Waals surface area contributed by atoms with Gasteiger partial charge in [0.15, 0.2) is 17.2 Å². The molecule has 148 valence electrons. The molecule has 6 heteroatoms. The molecule has 1 aliphatic heterocycles. The molecule has 3 aromatic carbocycles. The molecule has 0 amide bonds. The number of rotatable bonds is 4. The van der Waals surface area contributed by atoms with E-state index in [0.29, 0.717) is 17.1 Å².